The van der Waals surface area contributed by atoms with Gasteiger partial charge in [0.2, 0.25) is 0 Å². The van der Waals surface area contributed by atoms with Crippen molar-refractivity contribution in [1.82, 2.24) is 0 Å². The summed E-state index contributed by atoms with van der Waals surface area (Å²) in [4.78, 5) is 40.1. The molecule has 1 aliphatic rings. The minimum Gasteiger partial charge on any atom is -0.481 e. The van der Waals surface area contributed by atoms with E-state index in [0.29, 0.717) is 0 Å². The van der Waals surface area contributed by atoms with E-state index in [4.69, 9.17) is 10.2 Å². The molecule has 0 unspecified atom stereocenters. The first kappa shape index (κ1) is 22.2. The number of carboxylic acid groups (broad SMARTS) is 1. The lowest BCUT2D eigenvalue weighted by Crippen LogP contribution is -2.04. The molecule has 1 heterocycles. The lowest BCUT2D eigenvalue weighted by Gasteiger charge is -1.92. The van der Waals surface area contributed by atoms with E-state index in [2.05, 4.69) is 9.47 Å². The third-order valence-electron chi connectivity index (χ3n) is 1.53. The molecule has 1 rings (SSSR count). The van der Waals surface area contributed by atoms with E-state index in [1.165, 1.54) is 7.11 Å². The average molecular weight is 280 g/mol. The first-order valence-corrected chi connectivity index (χ1v) is 4.92. The van der Waals surface area contributed by atoms with Crippen molar-refractivity contribution in [3.05, 3.63) is 0 Å². The topological polar surface area (TPSA) is 127 Å². The Labute approximate surface area is 111 Å². The predicted molar refractivity (Wildman–Crippen MR) is 64.1 cm³/mol. The Morgan fingerprint density at radius 1 is 1.16 bits per heavy atom. The number of aliphatic carboxylic acids is 1. The largest absolute Gasteiger partial charge is 0.481 e. The van der Waals surface area contributed by atoms with Crippen LogP contribution in [0.1, 0.15) is 33.1 Å². The first-order chi connectivity index (χ1) is 8.45. The SMILES string of the molecule is C.CO.COC(=O)CCC(=O)O.O=C1CCC(=O)O1. The van der Waals surface area contributed by atoms with Crippen molar-refractivity contribution in [1.29, 1.82) is 0 Å². The summed E-state index contributed by atoms with van der Waals surface area (Å²) in [6, 6.07) is 0. The van der Waals surface area contributed by atoms with Gasteiger partial charge in [-0.2, -0.15) is 0 Å². The lowest BCUT2D eigenvalue weighted by atomic mass is 10.3. The van der Waals surface area contributed by atoms with Gasteiger partial charge in [0, 0.05) is 7.11 Å². The van der Waals surface area contributed by atoms with Crippen molar-refractivity contribution >= 4 is 23.9 Å². The fraction of sp³-hybridized carbons (Fsp3) is 0.636. The molecule has 8 heteroatoms. The van der Waals surface area contributed by atoms with Crippen LogP contribution in [0.2, 0.25) is 0 Å². The van der Waals surface area contributed by atoms with Gasteiger partial charge in [-0.05, 0) is 0 Å². The molecular weight excluding hydrogens is 260 g/mol. The molecule has 8 nitrogen and oxygen atoms in total. The minimum absolute atomic E-state index is 0. The molecule has 0 saturated carbocycles. The normalized spacial score (nSPS) is 11.7. The zero-order valence-electron chi connectivity index (χ0n) is 10.2. The Morgan fingerprint density at radius 2 is 1.58 bits per heavy atom. The monoisotopic (exact) mass is 280 g/mol. The van der Waals surface area contributed by atoms with Crippen LogP contribution < -0.4 is 0 Å². The highest BCUT2D eigenvalue weighted by molar-refractivity contribution is 5.92. The summed E-state index contributed by atoms with van der Waals surface area (Å²) in [5.74, 6) is -2.27. The second-order valence-electron chi connectivity index (χ2n) is 2.82. The highest BCUT2D eigenvalue weighted by Gasteiger charge is 2.19. The van der Waals surface area contributed by atoms with Gasteiger partial charge in [0.15, 0.2) is 0 Å². The predicted octanol–water partition coefficient (Wildman–Crippen LogP) is 0.119. The van der Waals surface area contributed by atoms with Crippen molar-refractivity contribution in [2.45, 2.75) is 33.1 Å². The number of methoxy groups -OCH3 is 1. The van der Waals surface area contributed by atoms with Crippen LogP contribution in [0.4, 0.5) is 0 Å². The molecular formula is C11H20O8. The smallest absolute Gasteiger partial charge is 0.314 e. The summed E-state index contributed by atoms with van der Waals surface area (Å²) in [5.41, 5.74) is 0. The van der Waals surface area contributed by atoms with Crippen molar-refractivity contribution in [2.75, 3.05) is 14.2 Å². The van der Waals surface area contributed by atoms with Crippen molar-refractivity contribution in [2.24, 2.45) is 0 Å². The van der Waals surface area contributed by atoms with E-state index < -0.39 is 23.9 Å². The van der Waals surface area contributed by atoms with Crippen molar-refractivity contribution < 1.29 is 38.9 Å². The maximum atomic E-state index is 10.2. The quantitative estimate of drug-likeness (QED) is 0.551. The standard InChI is InChI=1S/C5H8O4.C4H4O3.CH4O.CH4/c1-9-5(8)3-2-4(6)7;5-3-1-2-4(6)7-3;1-2;/h2-3H2,1H3,(H,6,7);1-2H2;2H,1H3;1H4. The molecule has 0 bridgehead atoms. The molecule has 0 aromatic rings. The zero-order chi connectivity index (χ0) is 14.6. The van der Waals surface area contributed by atoms with Crippen LogP contribution in [0, 0.1) is 0 Å². The summed E-state index contributed by atoms with van der Waals surface area (Å²) in [7, 11) is 2.23. The number of ether oxygens (including phenoxy) is 2. The minimum atomic E-state index is -0.986. The second-order valence-corrected chi connectivity index (χ2v) is 2.82. The van der Waals surface area contributed by atoms with Gasteiger partial charge < -0.3 is 19.7 Å². The van der Waals surface area contributed by atoms with Crippen LogP contribution >= 0.6 is 0 Å². The molecule has 0 radical (unpaired) electrons. The first-order valence-electron chi connectivity index (χ1n) is 4.92. The summed E-state index contributed by atoms with van der Waals surface area (Å²) in [6.07, 6.45) is 0.316. The van der Waals surface area contributed by atoms with Crippen molar-refractivity contribution in [3.63, 3.8) is 0 Å². The molecule has 1 fully saturated rings. The maximum Gasteiger partial charge on any atom is 0.314 e. The number of hydrogen-bond acceptors (Lipinski definition) is 7. The van der Waals surface area contributed by atoms with Crippen LogP contribution in [-0.4, -0.2) is 48.3 Å². The Bertz CT molecular complexity index is 283. The summed E-state index contributed by atoms with van der Waals surface area (Å²) in [6.45, 7) is 0. The Morgan fingerprint density at radius 3 is 1.79 bits per heavy atom. The van der Waals surface area contributed by atoms with E-state index in [1.54, 1.807) is 0 Å². The highest BCUT2D eigenvalue weighted by Crippen LogP contribution is 2.03. The fourth-order valence-corrected chi connectivity index (χ4v) is 0.744. The molecule has 2 N–H and O–H groups in total. The second kappa shape index (κ2) is 14.1. The van der Waals surface area contributed by atoms with Gasteiger partial charge in [-0.25, -0.2) is 0 Å². The molecule has 1 aliphatic heterocycles. The van der Waals surface area contributed by atoms with Gasteiger partial charge in [0.1, 0.15) is 0 Å². The summed E-state index contributed by atoms with van der Waals surface area (Å²) < 4.78 is 8.28. The van der Waals surface area contributed by atoms with Crippen LogP contribution in [0.25, 0.3) is 0 Å². The fourth-order valence-electron chi connectivity index (χ4n) is 0.744. The third kappa shape index (κ3) is 16.0. The number of esters is 3. The molecule has 0 aromatic carbocycles. The van der Waals surface area contributed by atoms with Crippen LogP contribution in [-0.2, 0) is 28.7 Å². The average Bonchev–Trinajstić information content (AvgIpc) is 2.73. The Hall–Kier alpha value is -1.96. The van der Waals surface area contributed by atoms with E-state index in [-0.39, 0.29) is 33.1 Å². The molecule has 19 heavy (non-hydrogen) atoms. The van der Waals surface area contributed by atoms with Crippen LogP contribution in [0.15, 0.2) is 0 Å². The molecule has 0 atom stereocenters. The zero-order valence-corrected chi connectivity index (χ0v) is 10.2. The lowest BCUT2D eigenvalue weighted by molar-refractivity contribution is -0.152. The number of cyclic esters (lactones) is 2. The maximum absolute atomic E-state index is 10.2. The molecule has 1 saturated heterocycles. The molecule has 0 amide bonds. The van der Waals surface area contributed by atoms with Gasteiger partial charge in [-0.15, -0.1) is 0 Å². The van der Waals surface area contributed by atoms with Gasteiger partial charge in [0.25, 0.3) is 0 Å². The number of carboxylic acids is 1. The Kier molecular flexibility index (Phi) is 16.5. The number of hydrogen-bond donors (Lipinski definition) is 2. The number of rotatable bonds is 3. The summed E-state index contributed by atoms with van der Waals surface area (Å²) in [5, 5.41) is 15.1. The van der Waals surface area contributed by atoms with Gasteiger partial charge in [0.05, 0.1) is 32.8 Å². The number of carbonyl (C=O) groups excluding carboxylic acids is 3. The number of carbonyl (C=O) groups is 4. The Balaban J connectivity index is -0.000000231. The molecule has 0 spiro atoms. The molecule has 0 aromatic heterocycles. The summed E-state index contributed by atoms with van der Waals surface area (Å²) >= 11 is 0. The van der Waals surface area contributed by atoms with Crippen LogP contribution in [0.5, 0.6) is 0 Å². The highest BCUT2D eigenvalue weighted by atomic mass is 16.6. The van der Waals surface area contributed by atoms with E-state index in [0.717, 1.165) is 7.11 Å². The van der Waals surface area contributed by atoms with Crippen LogP contribution in [0.3, 0.4) is 0 Å². The van der Waals surface area contributed by atoms with Gasteiger partial charge >= 0.3 is 23.9 Å². The van der Waals surface area contributed by atoms with E-state index >= 15 is 0 Å². The number of aliphatic hydroxyl groups excluding tert-OH is 1. The van der Waals surface area contributed by atoms with E-state index in [9.17, 15) is 19.2 Å². The third-order valence-corrected chi connectivity index (χ3v) is 1.53. The molecule has 0 aliphatic carbocycles. The van der Waals surface area contributed by atoms with Gasteiger partial charge in [-0.1, -0.05) is 7.43 Å². The van der Waals surface area contributed by atoms with Crippen molar-refractivity contribution in [3.8, 4) is 0 Å². The molecule has 112 valence electrons. The van der Waals surface area contributed by atoms with Gasteiger partial charge in [-0.3, -0.25) is 19.2 Å². The number of aliphatic hydroxyl groups is 1. The van der Waals surface area contributed by atoms with E-state index in [1.807, 2.05) is 0 Å².